The van der Waals surface area contributed by atoms with Crippen LogP contribution < -0.4 is 9.46 Å². The van der Waals surface area contributed by atoms with Crippen LogP contribution >= 0.6 is 0 Å². The minimum absolute atomic E-state index is 0.166. The largest absolute Gasteiger partial charge is 0.497 e. The second-order valence-electron chi connectivity index (χ2n) is 5.84. The minimum Gasteiger partial charge on any atom is -0.497 e. The molecule has 6 heteroatoms. The van der Waals surface area contributed by atoms with Crippen LogP contribution in [0.5, 0.6) is 5.75 Å². The molecule has 0 amide bonds. The first-order chi connectivity index (χ1) is 9.83. The van der Waals surface area contributed by atoms with Gasteiger partial charge in [-0.1, -0.05) is 12.8 Å². The summed E-state index contributed by atoms with van der Waals surface area (Å²) in [6.45, 7) is 3.34. The predicted molar refractivity (Wildman–Crippen MR) is 81.1 cm³/mol. The van der Waals surface area contributed by atoms with Gasteiger partial charge >= 0.3 is 0 Å². The molecule has 1 aromatic carbocycles. The lowest BCUT2D eigenvalue weighted by molar-refractivity contribution is 0.185. The van der Waals surface area contributed by atoms with Crippen molar-refractivity contribution < 1.29 is 18.3 Å². The monoisotopic (exact) mass is 313 g/mol. The molecule has 0 heterocycles. The Labute approximate surface area is 126 Å². The van der Waals surface area contributed by atoms with Crippen LogP contribution in [0.1, 0.15) is 36.8 Å². The van der Waals surface area contributed by atoms with Crippen LogP contribution in [0.15, 0.2) is 17.0 Å². The molecular formula is C15H23NO4S. The van der Waals surface area contributed by atoms with E-state index in [0.717, 1.165) is 12.8 Å². The van der Waals surface area contributed by atoms with Gasteiger partial charge in [0.15, 0.2) is 0 Å². The van der Waals surface area contributed by atoms with Gasteiger partial charge in [-0.2, -0.15) is 0 Å². The number of hydrogen-bond acceptors (Lipinski definition) is 4. The van der Waals surface area contributed by atoms with Crippen molar-refractivity contribution in [1.29, 1.82) is 0 Å². The second kappa shape index (κ2) is 5.94. The van der Waals surface area contributed by atoms with Gasteiger partial charge in [-0.15, -0.1) is 0 Å². The maximum Gasteiger partial charge on any atom is 0.241 e. The fourth-order valence-corrected chi connectivity index (χ4v) is 5.04. The molecule has 2 N–H and O–H groups in total. The van der Waals surface area contributed by atoms with E-state index in [1.807, 2.05) is 0 Å². The third kappa shape index (κ3) is 3.22. The normalized spacial score (nSPS) is 17.9. The zero-order valence-corrected chi connectivity index (χ0v) is 13.6. The smallest absolute Gasteiger partial charge is 0.241 e. The summed E-state index contributed by atoms with van der Waals surface area (Å²) in [6.07, 6.45) is 3.22. The van der Waals surface area contributed by atoms with Gasteiger partial charge in [-0.05, 0) is 49.9 Å². The minimum atomic E-state index is -3.67. The molecule has 1 aliphatic rings. The molecule has 1 aliphatic carbocycles. The number of methoxy groups -OCH3 is 1. The number of aliphatic hydroxyl groups excluding tert-OH is 1. The van der Waals surface area contributed by atoms with E-state index < -0.39 is 15.6 Å². The van der Waals surface area contributed by atoms with Crippen molar-refractivity contribution >= 4 is 10.0 Å². The average molecular weight is 313 g/mol. The molecule has 1 aromatic rings. The highest BCUT2D eigenvalue weighted by Gasteiger charge is 2.38. The summed E-state index contributed by atoms with van der Waals surface area (Å²) >= 11 is 0. The van der Waals surface area contributed by atoms with Crippen molar-refractivity contribution in [2.24, 2.45) is 0 Å². The number of hydrogen-bond donors (Lipinski definition) is 2. The Morgan fingerprint density at radius 1 is 1.24 bits per heavy atom. The van der Waals surface area contributed by atoms with Gasteiger partial charge in [-0.25, -0.2) is 13.1 Å². The summed E-state index contributed by atoms with van der Waals surface area (Å²) in [4.78, 5) is 0.281. The van der Waals surface area contributed by atoms with E-state index in [2.05, 4.69) is 4.72 Å². The molecule has 0 saturated heterocycles. The molecule has 21 heavy (non-hydrogen) atoms. The quantitative estimate of drug-likeness (QED) is 0.870. The fraction of sp³-hybridized carbons (Fsp3) is 0.600. The van der Waals surface area contributed by atoms with Crippen LogP contribution in [0, 0.1) is 13.8 Å². The molecular weight excluding hydrogens is 290 g/mol. The number of aliphatic hydroxyl groups is 1. The average Bonchev–Trinajstić information content (AvgIpc) is 2.85. The lowest BCUT2D eigenvalue weighted by atomic mass is 10.0. The molecule has 0 spiro atoms. The zero-order valence-electron chi connectivity index (χ0n) is 12.8. The summed E-state index contributed by atoms with van der Waals surface area (Å²) in [6, 6.07) is 3.42. The van der Waals surface area contributed by atoms with Gasteiger partial charge in [0.1, 0.15) is 5.75 Å². The third-order valence-electron chi connectivity index (χ3n) is 4.15. The number of aryl methyl sites for hydroxylation is 2. The SMILES string of the molecule is COc1cc(C)c(S(=O)(=O)NC2(CO)CCCC2)c(C)c1. The van der Waals surface area contributed by atoms with Crippen molar-refractivity contribution in [1.82, 2.24) is 4.72 Å². The molecule has 5 nitrogen and oxygen atoms in total. The van der Waals surface area contributed by atoms with E-state index in [1.54, 1.807) is 33.1 Å². The number of rotatable bonds is 5. The Hall–Kier alpha value is -1.11. The molecule has 2 rings (SSSR count). The Bertz CT molecular complexity index is 596. The highest BCUT2D eigenvalue weighted by atomic mass is 32.2. The zero-order chi connectivity index (χ0) is 15.7. The van der Waals surface area contributed by atoms with Gasteiger partial charge in [0, 0.05) is 0 Å². The van der Waals surface area contributed by atoms with E-state index in [0.29, 0.717) is 29.7 Å². The first-order valence-corrected chi connectivity index (χ1v) is 8.62. The maximum absolute atomic E-state index is 12.7. The molecule has 1 fully saturated rings. The lowest BCUT2D eigenvalue weighted by Crippen LogP contribution is -2.49. The van der Waals surface area contributed by atoms with Gasteiger partial charge in [0.2, 0.25) is 10.0 Å². The van der Waals surface area contributed by atoms with Crippen molar-refractivity contribution in [2.75, 3.05) is 13.7 Å². The summed E-state index contributed by atoms with van der Waals surface area (Å²) in [7, 11) is -2.11. The van der Waals surface area contributed by atoms with Crippen molar-refractivity contribution in [3.8, 4) is 5.75 Å². The molecule has 0 bridgehead atoms. The van der Waals surface area contributed by atoms with E-state index in [4.69, 9.17) is 4.74 Å². The van der Waals surface area contributed by atoms with Crippen LogP contribution in [0.4, 0.5) is 0 Å². The number of sulfonamides is 1. The van der Waals surface area contributed by atoms with E-state index in [1.165, 1.54) is 0 Å². The highest BCUT2D eigenvalue weighted by Crippen LogP contribution is 2.32. The maximum atomic E-state index is 12.7. The van der Waals surface area contributed by atoms with Crippen LogP contribution in [-0.4, -0.2) is 32.8 Å². The first kappa shape index (κ1) is 16.3. The second-order valence-corrected chi connectivity index (χ2v) is 7.46. The molecule has 0 unspecified atom stereocenters. The van der Waals surface area contributed by atoms with Crippen molar-refractivity contribution in [3.05, 3.63) is 23.3 Å². The third-order valence-corrected chi connectivity index (χ3v) is 6.04. The summed E-state index contributed by atoms with van der Waals surface area (Å²) in [5.41, 5.74) is 0.577. The number of nitrogens with one attached hydrogen (secondary N) is 1. The van der Waals surface area contributed by atoms with Gasteiger partial charge < -0.3 is 9.84 Å². The summed E-state index contributed by atoms with van der Waals surface area (Å²) in [5, 5.41) is 9.60. The molecule has 1 saturated carbocycles. The highest BCUT2D eigenvalue weighted by molar-refractivity contribution is 7.89. The summed E-state index contributed by atoms with van der Waals surface area (Å²) in [5.74, 6) is 0.640. The van der Waals surface area contributed by atoms with Crippen molar-refractivity contribution in [2.45, 2.75) is 50.0 Å². The molecule has 0 radical (unpaired) electrons. The van der Waals surface area contributed by atoms with Gasteiger partial charge in [0.25, 0.3) is 0 Å². The molecule has 118 valence electrons. The molecule has 0 aliphatic heterocycles. The molecule has 0 atom stereocenters. The van der Waals surface area contributed by atoms with E-state index >= 15 is 0 Å². The van der Waals surface area contributed by atoms with Gasteiger partial charge in [0.05, 0.1) is 24.2 Å². The van der Waals surface area contributed by atoms with Gasteiger partial charge in [-0.3, -0.25) is 0 Å². The number of benzene rings is 1. The topological polar surface area (TPSA) is 75.6 Å². The van der Waals surface area contributed by atoms with Crippen LogP contribution in [-0.2, 0) is 10.0 Å². The summed E-state index contributed by atoms with van der Waals surface area (Å²) < 4.78 is 33.4. The standard InChI is InChI=1S/C15H23NO4S/c1-11-8-13(20-3)9-12(2)14(11)21(18,19)16-15(10-17)6-4-5-7-15/h8-9,16-17H,4-7,10H2,1-3H3. The first-order valence-electron chi connectivity index (χ1n) is 7.14. The van der Waals surface area contributed by atoms with Crippen molar-refractivity contribution in [3.63, 3.8) is 0 Å². The van der Waals surface area contributed by atoms with Crippen LogP contribution in [0.2, 0.25) is 0 Å². The fourth-order valence-electron chi connectivity index (χ4n) is 3.13. The Morgan fingerprint density at radius 3 is 2.19 bits per heavy atom. The Kier molecular flexibility index (Phi) is 4.60. The molecule has 0 aromatic heterocycles. The van der Waals surface area contributed by atoms with E-state index in [9.17, 15) is 13.5 Å². The van der Waals surface area contributed by atoms with Crippen LogP contribution in [0.25, 0.3) is 0 Å². The van der Waals surface area contributed by atoms with Crippen LogP contribution in [0.3, 0.4) is 0 Å². The Balaban J connectivity index is 2.40. The lowest BCUT2D eigenvalue weighted by Gasteiger charge is -2.28. The van der Waals surface area contributed by atoms with E-state index in [-0.39, 0.29) is 11.5 Å². The predicted octanol–water partition coefficient (Wildman–Crippen LogP) is 1.90. The number of ether oxygens (including phenoxy) is 1. The Morgan fingerprint density at radius 2 is 1.76 bits per heavy atom.